The van der Waals surface area contributed by atoms with E-state index in [0.29, 0.717) is 6.42 Å². The monoisotopic (exact) mass is 152 g/mol. The Morgan fingerprint density at radius 1 is 1.78 bits per heavy atom. The van der Waals surface area contributed by atoms with Crippen LogP contribution in [0.2, 0.25) is 0 Å². The topological polar surface area (TPSA) is 84.6 Å². The van der Waals surface area contributed by atoms with Crippen LogP contribution in [0.5, 0.6) is 0 Å². The van der Waals surface area contributed by atoms with Crippen molar-refractivity contribution < 1.29 is 18.5 Å². The molecule has 0 bridgehead atoms. The van der Waals surface area contributed by atoms with Crippen LogP contribution < -0.4 is 10.6 Å². The molecule has 0 aromatic carbocycles. The van der Waals surface area contributed by atoms with Crippen LogP contribution >= 0.6 is 7.82 Å². The minimum Gasteiger partial charge on any atom is -0.756 e. The predicted molar refractivity (Wildman–Crippen MR) is 27.2 cm³/mol. The third-order valence-electron chi connectivity index (χ3n) is 0.916. The van der Waals surface area contributed by atoms with E-state index in [1.165, 1.54) is 0 Å². The first kappa shape index (κ1) is 7.18. The third-order valence-corrected chi connectivity index (χ3v) is 1.94. The lowest BCUT2D eigenvalue weighted by atomic mass is 10.4. The maximum absolute atomic E-state index is 10.4. The summed E-state index contributed by atoms with van der Waals surface area (Å²) < 4.78 is 18.8. The SMILES string of the molecule is NC1CCOP(=O)([O-])O1. The van der Waals surface area contributed by atoms with E-state index >= 15 is 0 Å². The normalized spacial score (nSPS) is 44.9. The van der Waals surface area contributed by atoms with Gasteiger partial charge in [-0.15, -0.1) is 0 Å². The lowest BCUT2D eigenvalue weighted by Crippen LogP contribution is -2.31. The van der Waals surface area contributed by atoms with Crippen molar-refractivity contribution in [3.8, 4) is 0 Å². The summed E-state index contributed by atoms with van der Waals surface area (Å²) in [6, 6.07) is 0. The van der Waals surface area contributed by atoms with Crippen LogP contribution in [-0.2, 0) is 13.6 Å². The maximum atomic E-state index is 10.4. The predicted octanol–water partition coefficient (Wildman–Crippen LogP) is -0.824. The fraction of sp³-hybridized carbons (Fsp3) is 1.00. The van der Waals surface area contributed by atoms with Crippen LogP contribution in [0, 0.1) is 0 Å². The molecule has 0 amide bonds. The van der Waals surface area contributed by atoms with E-state index in [2.05, 4.69) is 9.05 Å². The Kier molecular flexibility index (Phi) is 1.88. The molecule has 1 aliphatic rings. The second kappa shape index (κ2) is 2.36. The minimum atomic E-state index is -4.02. The molecule has 0 aliphatic carbocycles. The van der Waals surface area contributed by atoms with Crippen molar-refractivity contribution in [3.05, 3.63) is 0 Å². The number of hydrogen-bond acceptors (Lipinski definition) is 5. The van der Waals surface area contributed by atoms with Gasteiger partial charge < -0.3 is 15.2 Å². The number of hydrogen-bond donors (Lipinski definition) is 1. The molecule has 2 atom stereocenters. The molecule has 5 nitrogen and oxygen atoms in total. The fourth-order valence-corrected chi connectivity index (χ4v) is 1.36. The molecule has 1 heterocycles. The van der Waals surface area contributed by atoms with Crippen LogP contribution in [0.4, 0.5) is 0 Å². The molecular weight excluding hydrogens is 145 g/mol. The molecule has 1 aliphatic heterocycles. The number of phosphoric ester groups is 1. The highest BCUT2D eigenvalue weighted by atomic mass is 31.2. The first-order chi connectivity index (χ1) is 4.10. The Bertz CT molecular complexity index is 149. The first-order valence-electron chi connectivity index (χ1n) is 2.50. The number of rotatable bonds is 0. The van der Waals surface area contributed by atoms with Gasteiger partial charge in [0, 0.05) is 6.42 Å². The summed E-state index contributed by atoms with van der Waals surface area (Å²) in [4.78, 5) is 10.4. The Labute approximate surface area is 52.4 Å². The van der Waals surface area contributed by atoms with E-state index in [0.717, 1.165) is 0 Å². The fourth-order valence-electron chi connectivity index (χ4n) is 0.530. The molecule has 1 fully saturated rings. The lowest BCUT2D eigenvalue weighted by molar-refractivity contribution is -0.236. The molecule has 1 saturated heterocycles. The van der Waals surface area contributed by atoms with Gasteiger partial charge in [-0.25, -0.2) is 0 Å². The summed E-state index contributed by atoms with van der Waals surface area (Å²) in [7, 11) is -4.02. The summed E-state index contributed by atoms with van der Waals surface area (Å²) in [6.45, 7) is 0.127. The maximum Gasteiger partial charge on any atom is 0.269 e. The first-order valence-corrected chi connectivity index (χ1v) is 3.96. The molecule has 0 spiro atoms. The van der Waals surface area contributed by atoms with Gasteiger partial charge in [0.1, 0.15) is 6.23 Å². The van der Waals surface area contributed by atoms with Crippen molar-refractivity contribution in [2.75, 3.05) is 6.61 Å². The zero-order chi connectivity index (χ0) is 6.91. The van der Waals surface area contributed by atoms with Crippen LogP contribution in [0.15, 0.2) is 0 Å². The van der Waals surface area contributed by atoms with Gasteiger partial charge in [0.15, 0.2) is 0 Å². The molecular formula is C3H7NO4P-. The average molecular weight is 152 g/mol. The number of nitrogens with two attached hydrogens (primary N) is 1. The van der Waals surface area contributed by atoms with Gasteiger partial charge in [-0.3, -0.25) is 9.09 Å². The average Bonchev–Trinajstić information content (AvgIpc) is 1.60. The molecule has 0 saturated carbocycles. The van der Waals surface area contributed by atoms with Crippen molar-refractivity contribution in [1.82, 2.24) is 0 Å². The molecule has 9 heavy (non-hydrogen) atoms. The molecule has 0 aromatic heterocycles. The molecule has 1 rings (SSSR count). The Hall–Kier alpha value is 0.0700. The van der Waals surface area contributed by atoms with Gasteiger partial charge in [0.2, 0.25) is 0 Å². The standard InChI is InChI=1S/C3H8NO4P/c4-3-1-2-7-9(5,6)8-3/h3H,1-2,4H2,(H,5,6)/p-1. The second-order valence-corrected chi connectivity index (χ2v) is 3.08. The zero-order valence-corrected chi connectivity index (χ0v) is 5.54. The van der Waals surface area contributed by atoms with Crippen molar-refractivity contribution in [1.29, 1.82) is 0 Å². The minimum absolute atomic E-state index is 0.127. The summed E-state index contributed by atoms with van der Waals surface area (Å²) >= 11 is 0. The quantitative estimate of drug-likeness (QED) is 0.458. The van der Waals surface area contributed by atoms with Crippen LogP contribution in [0.3, 0.4) is 0 Å². The Morgan fingerprint density at radius 2 is 2.44 bits per heavy atom. The van der Waals surface area contributed by atoms with Crippen molar-refractivity contribution in [3.63, 3.8) is 0 Å². The van der Waals surface area contributed by atoms with Crippen molar-refractivity contribution in [2.24, 2.45) is 5.73 Å². The van der Waals surface area contributed by atoms with E-state index in [9.17, 15) is 9.46 Å². The van der Waals surface area contributed by atoms with E-state index in [1.54, 1.807) is 0 Å². The van der Waals surface area contributed by atoms with Crippen molar-refractivity contribution in [2.45, 2.75) is 12.6 Å². The molecule has 6 heteroatoms. The molecule has 2 N–H and O–H groups in total. The highest BCUT2D eigenvalue weighted by Crippen LogP contribution is 2.42. The van der Waals surface area contributed by atoms with Crippen molar-refractivity contribution >= 4 is 7.82 Å². The van der Waals surface area contributed by atoms with Gasteiger partial charge in [-0.2, -0.15) is 0 Å². The third kappa shape index (κ3) is 2.04. The lowest BCUT2D eigenvalue weighted by Gasteiger charge is -2.30. The van der Waals surface area contributed by atoms with Gasteiger partial charge in [0.25, 0.3) is 7.82 Å². The van der Waals surface area contributed by atoms with Gasteiger partial charge in [-0.05, 0) is 0 Å². The highest BCUT2D eigenvalue weighted by Gasteiger charge is 2.20. The van der Waals surface area contributed by atoms with Crippen LogP contribution in [0.1, 0.15) is 6.42 Å². The Morgan fingerprint density at radius 3 is 2.78 bits per heavy atom. The van der Waals surface area contributed by atoms with Crippen LogP contribution in [-0.4, -0.2) is 12.8 Å². The second-order valence-electron chi connectivity index (χ2n) is 1.71. The van der Waals surface area contributed by atoms with Gasteiger partial charge in [-0.1, -0.05) is 0 Å². The van der Waals surface area contributed by atoms with Gasteiger partial charge >= 0.3 is 0 Å². The smallest absolute Gasteiger partial charge is 0.269 e. The van der Waals surface area contributed by atoms with Gasteiger partial charge in [0.05, 0.1) is 6.61 Å². The molecule has 0 radical (unpaired) electrons. The highest BCUT2D eigenvalue weighted by molar-refractivity contribution is 7.45. The molecule has 0 aromatic rings. The van der Waals surface area contributed by atoms with Crippen LogP contribution in [0.25, 0.3) is 0 Å². The van der Waals surface area contributed by atoms with E-state index in [1.807, 2.05) is 0 Å². The number of phosphoric acid groups is 1. The summed E-state index contributed by atoms with van der Waals surface area (Å²) in [5.41, 5.74) is 5.14. The zero-order valence-electron chi connectivity index (χ0n) is 4.65. The van der Waals surface area contributed by atoms with E-state index < -0.39 is 14.1 Å². The summed E-state index contributed by atoms with van der Waals surface area (Å²) in [5, 5.41) is 0. The molecule has 54 valence electrons. The molecule has 2 unspecified atom stereocenters. The Balaban J connectivity index is 2.51. The van der Waals surface area contributed by atoms with E-state index in [4.69, 9.17) is 5.73 Å². The summed E-state index contributed by atoms with van der Waals surface area (Å²) in [6.07, 6.45) is -0.297. The summed E-state index contributed by atoms with van der Waals surface area (Å²) in [5.74, 6) is 0. The van der Waals surface area contributed by atoms with E-state index in [-0.39, 0.29) is 6.61 Å². The largest absolute Gasteiger partial charge is 0.756 e.